The molecule has 18 heavy (non-hydrogen) atoms. The molecule has 0 saturated heterocycles. The van der Waals surface area contributed by atoms with E-state index in [0.717, 1.165) is 35.0 Å². The highest BCUT2D eigenvalue weighted by molar-refractivity contribution is 5.68. The summed E-state index contributed by atoms with van der Waals surface area (Å²) in [7, 11) is 1.66. The highest BCUT2D eigenvalue weighted by Gasteiger charge is 2.11. The third-order valence-electron chi connectivity index (χ3n) is 2.93. The predicted molar refractivity (Wildman–Crippen MR) is 70.2 cm³/mol. The summed E-state index contributed by atoms with van der Waals surface area (Å²) in [5.41, 5.74) is 2.14. The van der Waals surface area contributed by atoms with Crippen molar-refractivity contribution < 1.29 is 9.47 Å². The van der Waals surface area contributed by atoms with Gasteiger partial charge in [0, 0.05) is 11.8 Å². The van der Waals surface area contributed by atoms with Crippen LogP contribution in [0.5, 0.6) is 11.5 Å². The molecular weight excluding hydrogens is 228 g/mol. The number of methoxy groups -OCH3 is 1. The van der Waals surface area contributed by atoms with E-state index in [1.165, 1.54) is 0 Å². The Bertz CT molecular complexity index is 552. The van der Waals surface area contributed by atoms with Gasteiger partial charge in [0.25, 0.3) is 0 Å². The topological polar surface area (TPSA) is 43.4 Å². The van der Waals surface area contributed by atoms with Crippen LogP contribution in [-0.4, -0.2) is 25.2 Å². The lowest BCUT2D eigenvalue weighted by molar-refractivity contribution is 0.321. The molecule has 1 aliphatic rings. The quantitative estimate of drug-likeness (QED) is 0.879. The molecule has 0 aliphatic carbocycles. The van der Waals surface area contributed by atoms with Crippen LogP contribution in [0, 0.1) is 0 Å². The average Bonchev–Trinajstić information content (AvgIpc) is 2.47. The molecule has 1 aliphatic heterocycles. The Hall–Kier alpha value is -2.23. The first kappa shape index (κ1) is 10.9. The molecule has 4 heteroatoms. The zero-order chi connectivity index (χ0) is 12.4. The number of fused-ring (bicyclic) bond motifs is 1. The maximum Gasteiger partial charge on any atom is 0.168 e. The molecule has 0 atom stereocenters. The Kier molecular flexibility index (Phi) is 2.76. The number of hydrogen-bond acceptors (Lipinski definition) is 4. The first-order chi connectivity index (χ1) is 8.86. The molecular formula is C14H14N2O2. The Morgan fingerprint density at radius 2 is 2.06 bits per heavy atom. The Morgan fingerprint density at radius 3 is 2.83 bits per heavy atom. The molecule has 2 aromatic rings. The highest BCUT2D eigenvalue weighted by Crippen LogP contribution is 2.30. The van der Waals surface area contributed by atoms with Crippen molar-refractivity contribution in [1.29, 1.82) is 0 Å². The van der Waals surface area contributed by atoms with Crippen molar-refractivity contribution in [2.45, 2.75) is 0 Å². The second-order valence-corrected chi connectivity index (χ2v) is 4.07. The Labute approximate surface area is 106 Å². The summed E-state index contributed by atoms with van der Waals surface area (Å²) in [5.74, 6) is 2.48. The number of anilines is 1. The molecule has 0 saturated carbocycles. The minimum absolute atomic E-state index is 0.681. The third-order valence-corrected chi connectivity index (χ3v) is 2.93. The number of hydrogen-bond donors (Lipinski definition) is 1. The van der Waals surface area contributed by atoms with Gasteiger partial charge in [0.15, 0.2) is 11.6 Å². The highest BCUT2D eigenvalue weighted by atomic mass is 16.5. The third kappa shape index (κ3) is 1.97. The number of pyridine rings is 1. The minimum Gasteiger partial charge on any atom is -0.497 e. The van der Waals surface area contributed by atoms with Crippen LogP contribution in [0.4, 0.5) is 5.82 Å². The van der Waals surface area contributed by atoms with Crippen LogP contribution in [0.2, 0.25) is 0 Å². The Morgan fingerprint density at radius 1 is 1.22 bits per heavy atom. The molecule has 0 bridgehead atoms. The van der Waals surface area contributed by atoms with Gasteiger partial charge < -0.3 is 14.8 Å². The summed E-state index contributed by atoms with van der Waals surface area (Å²) < 4.78 is 10.7. The average molecular weight is 242 g/mol. The summed E-state index contributed by atoms with van der Waals surface area (Å²) in [6, 6.07) is 9.91. The summed E-state index contributed by atoms with van der Waals surface area (Å²) >= 11 is 0. The standard InChI is InChI=1S/C14H14N2O2/c1-17-12-4-2-10(3-5-12)11-8-13-14(16-9-11)15-6-7-18-13/h2-5,8-9H,6-7H2,1H3,(H,15,16). The molecule has 1 aromatic carbocycles. The van der Waals surface area contributed by atoms with Gasteiger partial charge in [-0.2, -0.15) is 0 Å². The second-order valence-electron chi connectivity index (χ2n) is 4.07. The van der Waals surface area contributed by atoms with Crippen LogP contribution in [0.15, 0.2) is 36.5 Å². The van der Waals surface area contributed by atoms with E-state index in [1.54, 1.807) is 7.11 Å². The van der Waals surface area contributed by atoms with Crippen molar-refractivity contribution in [3.05, 3.63) is 36.5 Å². The van der Waals surface area contributed by atoms with Gasteiger partial charge in [0.05, 0.1) is 13.7 Å². The number of nitrogens with one attached hydrogen (secondary N) is 1. The lowest BCUT2D eigenvalue weighted by atomic mass is 10.1. The molecule has 2 heterocycles. The molecule has 0 amide bonds. The van der Waals surface area contributed by atoms with Crippen molar-refractivity contribution in [3.8, 4) is 22.6 Å². The van der Waals surface area contributed by atoms with Crippen LogP contribution in [-0.2, 0) is 0 Å². The molecule has 3 rings (SSSR count). The number of ether oxygens (including phenoxy) is 2. The first-order valence-corrected chi connectivity index (χ1v) is 5.88. The van der Waals surface area contributed by atoms with E-state index in [1.807, 2.05) is 36.5 Å². The summed E-state index contributed by atoms with van der Waals surface area (Å²) in [4.78, 5) is 4.37. The van der Waals surface area contributed by atoms with Crippen molar-refractivity contribution in [2.75, 3.05) is 25.6 Å². The maximum atomic E-state index is 5.58. The zero-order valence-corrected chi connectivity index (χ0v) is 10.1. The second kappa shape index (κ2) is 4.56. The van der Waals surface area contributed by atoms with Gasteiger partial charge in [-0.15, -0.1) is 0 Å². The van der Waals surface area contributed by atoms with Crippen molar-refractivity contribution >= 4 is 5.82 Å². The van der Waals surface area contributed by atoms with Crippen LogP contribution >= 0.6 is 0 Å². The van der Waals surface area contributed by atoms with Gasteiger partial charge >= 0.3 is 0 Å². The molecule has 0 fully saturated rings. The molecule has 4 nitrogen and oxygen atoms in total. The normalized spacial score (nSPS) is 13.2. The van der Waals surface area contributed by atoms with E-state index >= 15 is 0 Å². The SMILES string of the molecule is COc1ccc(-c2cnc3c(c2)OCCN3)cc1. The summed E-state index contributed by atoms with van der Waals surface area (Å²) in [6.45, 7) is 1.49. The van der Waals surface area contributed by atoms with Gasteiger partial charge in [0.2, 0.25) is 0 Å². The lowest BCUT2D eigenvalue weighted by Crippen LogP contribution is -2.18. The fourth-order valence-electron chi connectivity index (χ4n) is 1.96. The van der Waals surface area contributed by atoms with Crippen LogP contribution in [0.1, 0.15) is 0 Å². The fourth-order valence-corrected chi connectivity index (χ4v) is 1.96. The largest absolute Gasteiger partial charge is 0.497 e. The predicted octanol–water partition coefficient (Wildman–Crippen LogP) is 2.56. The van der Waals surface area contributed by atoms with E-state index in [-0.39, 0.29) is 0 Å². The zero-order valence-electron chi connectivity index (χ0n) is 10.1. The smallest absolute Gasteiger partial charge is 0.168 e. The van der Waals surface area contributed by atoms with E-state index in [9.17, 15) is 0 Å². The number of nitrogens with zero attached hydrogens (tertiary/aromatic N) is 1. The van der Waals surface area contributed by atoms with Crippen LogP contribution in [0.25, 0.3) is 11.1 Å². The molecule has 92 valence electrons. The van der Waals surface area contributed by atoms with Gasteiger partial charge in [-0.25, -0.2) is 4.98 Å². The maximum absolute atomic E-state index is 5.58. The van der Waals surface area contributed by atoms with Gasteiger partial charge in [-0.1, -0.05) is 12.1 Å². The molecule has 0 unspecified atom stereocenters. The molecule has 0 spiro atoms. The van der Waals surface area contributed by atoms with E-state index in [0.29, 0.717) is 6.61 Å². The first-order valence-electron chi connectivity index (χ1n) is 5.88. The Balaban J connectivity index is 1.95. The van der Waals surface area contributed by atoms with Crippen molar-refractivity contribution in [2.24, 2.45) is 0 Å². The number of rotatable bonds is 2. The van der Waals surface area contributed by atoms with Gasteiger partial charge in [-0.3, -0.25) is 0 Å². The van der Waals surface area contributed by atoms with Crippen LogP contribution < -0.4 is 14.8 Å². The molecule has 0 radical (unpaired) electrons. The van der Waals surface area contributed by atoms with E-state index in [4.69, 9.17) is 9.47 Å². The minimum atomic E-state index is 0.681. The number of benzene rings is 1. The van der Waals surface area contributed by atoms with Crippen LogP contribution in [0.3, 0.4) is 0 Å². The van der Waals surface area contributed by atoms with Gasteiger partial charge in [0.1, 0.15) is 12.4 Å². The molecule has 1 aromatic heterocycles. The monoisotopic (exact) mass is 242 g/mol. The summed E-state index contributed by atoms with van der Waals surface area (Å²) in [6.07, 6.45) is 1.85. The van der Waals surface area contributed by atoms with Gasteiger partial charge in [-0.05, 0) is 23.8 Å². The fraction of sp³-hybridized carbons (Fsp3) is 0.214. The molecule has 1 N–H and O–H groups in total. The van der Waals surface area contributed by atoms with E-state index < -0.39 is 0 Å². The van der Waals surface area contributed by atoms with Crippen molar-refractivity contribution in [3.63, 3.8) is 0 Å². The van der Waals surface area contributed by atoms with Crippen molar-refractivity contribution in [1.82, 2.24) is 4.98 Å². The lowest BCUT2D eigenvalue weighted by Gasteiger charge is -2.18. The summed E-state index contributed by atoms with van der Waals surface area (Å²) in [5, 5.41) is 3.20. The number of aromatic nitrogens is 1. The van der Waals surface area contributed by atoms with E-state index in [2.05, 4.69) is 10.3 Å².